The van der Waals surface area contributed by atoms with Crippen LogP contribution in [-0.2, 0) is 6.42 Å². The van der Waals surface area contributed by atoms with Crippen LogP contribution in [-0.4, -0.2) is 52.4 Å². The molecule has 1 aliphatic rings. The molecule has 150 valence electrons. The highest BCUT2D eigenvalue weighted by molar-refractivity contribution is 6.33. The Balaban J connectivity index is 1.42. The highest BCUT2D eigenvalue weighted by atomic mass is 35.5. The Bertz CT molecular complexity index is 979. The molecule has 7 nitrogen and oxygen atoms in total. The summed E-state index contributed by atoms with van der Waals surface area (Å²) in [6.45, 7) is 4.74. The van der Waals surface area contributed by atoms with E-state index in [0.29, 0.717) is 37.7 Å². The third-order valence-corrected chi connectivity index (χ3v) is 5.46. The molecule has 0 bridgehead atoms. The maximum Gasteiger partial charge on any atom is 0.278 e. The Labute approximate surface area is 174 Å². The zero-order valence-electron chi connectivity index (χ0n) is 16.2. The van der Waals surface area contributed by atoms with Crippen molar-refractivity contribution in [1.82, 2.24) is 20.3 Å². The van der Waals surface area contributed by atoms with Gasteiger partial charge < -0.3 is 15.1 Å². The van der Waals surface area contributed by atoms with Crippen LogP contribution in [0.4, 0.5) is 17.2 Å². The van der Waals surface area contributed by atoms with Crippen LogP contribution in [0.5, 0.6) is 0 Å². The summed E-state index contributed by atoms with van der Waals surface area (Å²) in [5.74, 6) is 0.304. The zero-order valence-corrected chi connectivity index (χ0v) is 17.0. The second-order valence-corrected chi connectivity index (χ2v) is 7.33. The van der Waals surface area contributed by atoms with E-state index in [1.165, 1.54) is 5.56 Å². The molecule has 1 amide bonds. The number of nitrogens with zero attached hydrogens (tertiary/aromatic N) is 4. The lowest BCUT2D eigenvalue weighted by Crippen LogP contribution is -2.49. The fourth-order valence-corrected chi connectivity index (χ4v) is 3.69. The van der Waals surface area contributed by atoms with Gasteiger partial charge in [-0.1, -0.05) is 42.8 Å². The standard InChI is InChI=1S/C21H23ClN6O/c1-2-15-7-9-16(10-8-15)23-20-19(24-26-25-20)21(29)28-13-11-27(12-14-28)18-6-4-3-5-17(18)22/h3-10H,2,11-14H2,1H3,(H2,23,24,25,26). The van der Waals surface area contributed by atoms with Crippen LogP contribution in [0.2, 0.25) is 5.02 Å². The number of aromatic amines is 1. The molecular weight excluding hydrogens is 388 g/mol. The van der Waals surface area contributed by atoms with Crippen molar-refractivity contribution < 1.29 is 4.79 Å². The van der Waals surface area contributed by atoms with Crippen molar-refractivity contribution in [3.63, 3.8) is 0 Å². The molecular formula is C21H23ClN6O. The van der Waals surface area contributed by atoms with Gasteiger partial charge in [-0.2, -0.15) is 5.21 Å². The number of aryl methyl sites for hydroxylation is 1. The van der Waals surface area contributed by atoms with E-state index in [4.69, 9.17) is 11.6 Å². The van der Waals surface area contributed by atoms with Gasteiger partial charge in [0, 0.05) is 31.9 Å². The predicted octanol–water partition coefficient (Wildman–Crippen LogP) is 3.73. The van der Waals surface area contributed by atoms with E-state index >= 15 is 0 Å². The molecule has 0 aliphatic carbocycles. The molecule has 4 rings (SSSR count). The molecule has 2 aromatic carbocycles. The average Bonchev–Trinajstić information content (AvgIpc) is 3.22. The van der Waals surface area contributed by atoms with Crippen molar-refractivity contribution in [2.45, 2.75) is 13.3 Å². The Morgan fingerprint density at radius 3 is 2.48 bits per heavy atom. The minimum atomic E-state index is -0.134. The number of H-pyrrole nitrogens is 1. The molecule has 1 aliphatic heterocycles. The Morgan fingerprint density at radius 2 is 1.79 bits per heavy atom. The van der Waals surface area contributed by atoms with Crippen molar-refractivity contribution in [2.75, 3.05) is 36.4 Å². The fourth-order valence-electron chi connectivity index (χ4n) is 3.44. The van der Waals surface area contributed by atoms with Gasteiger partial charge in [0.25, 0.3) is 5.91 Å². The summed E-state index contributed by atoms with van der Waals surface area (Å²) >= 11 is 6.30. The molecule has 0 saturated carbocycles. The second-order valence-electron chi connectivity index (χ2n) is 6.93. The Hall–Kier alpha value is -3.06. The Kier molecular flexibility index (Phi) is 5.67. The molecule has 3 aromatic rings. The summed E-state index contributed by atoms with van der Waals surface area (Å²) in [6.07, 6.45) is 0.980. The number of aromatic nitrogens is 3. The van der Waals surface area contributed by atoms with Crippen molar-refractivity contribution in [1.29, 1.82) is 0 Å². The maximum atomic E-state index is 13.0. The third-order valence-electron chi connectivity index (χ3n) is 5.14. The van der Waals surface area contributed by atoms with E-state index in [2.05, 4.69) is 44.7 Å². The first-order chi connectivity index (χ1) is 14.2. The number of para-hydroxylation sites is 1. The molecule has 0 atom stereocenters. The first-order valence-corrected chi connectivity index (χ1v) is 10.1. The number of nitrogens with one attached hydrogen (secondary N) is 2. The van der Waals surface area contributed by atoms with Gasteiger partial charge >= 0.3 is 0 Å². The van der Waals surface area contributed by atoms with Gasteiger partial charge in [-0.25, -0.2) is 0 Å². The van der Waals surface area contributed by atoms with Crippen molar-refractivity contribution in [3.05, 3.63) is 64.8 Å². The number of halogens is 1. The Morgan fingerprint density at radius 1 is 1.07 bits per heavy atom. The summed E-state index contributed by atoms with van der Waals surface area (Å²) in [5, 5.41) is 14.7. The van der Waals surface area contributed by atoms with Gasteiger partial charge in [-0.05, 0) is 36.2 Å². The molecule has 0 radical (unpaired) electrons. The summed E-state index contributed by atoms with van der Waals surface area (Å²) in [4.78, 5) is 17.0. The summed E-state index contributed by atoms with van der Waals surface area (Å²) in [7, 11) is 0. The maximum absolute atomic E-state index is 13.0. The van der Waals surface area contributed by atoms with Crippen molar-refractivity contribution in [2.24, 2.45) is 0 Å². The summed E-state index contributed by atoms with van der Waals surface area (Å²) in [5.41, 5.74) is 3.42. The molecule has 2 N–H and O–H groups in total. The van der Waals surface area contributed by atoms with Gasteiger partial charge in [0.15, 0.2) is 11.5 Å². The average molecular weight is 411 g/mol. The second kappa shape index (κ2) is 8.53. The number of carbonyl (C=O) groups is 1. The third kappa shape index (κ3) is 4.19. The first-order valence-electron chi connectivity index (χ1n) is 9.71. The smallest absolute Gasteiger partial charge is 0.278 e. The van der Waals surface area contributed by atoms with E-state index < -0.39 is 0 Å². The monoisotopic (exact) mass is 410 g/mol. The highest BCUT2D eigenvalue weighted by Crippen LogP contribution is 2.26. The lowest BCUT2D eigenvalue weighted by molar-refractivity contribution is 0.0742. The van der Waals surface area contributed by atoms with Crippen LogP contribution in [0.15, 0.2) is 48.5 Å². The molecule has 1 saturated heterocycles. The van der Waals surface area contributed by atoms with Crippen LogP contribution in [0.1, 0.15) is 23.0 Å². The summed E-state index contributed by atoms with van der Waals surface area (Å²) < 4.78 is 0. The van der Waals surface area contributed by atoms with Crippen LogP contribution in [0.25, 0.3) is 0 Å². The van der Waals surface area contributed by atoms with E-state index in [1.807, 2.05) is 36.4 Å². The molecule has 1 fully saturated rings. The quantitative estimate of drug-likeness (QED) is 0.670. The minimum absolute atomic E-state index is 0.134. The van der Waals surface area contributed by atoms with Gasteiger partial charge in [0.05, 0.1) is 10.7 Å². The molecule has 0 spiro atoms. The molecule has 8 heteroatoms. The lowest BCUT2D eigenvalue weighted by Gasteiger charge is -2.36. The zero-order chi connectivity index (χ0) is 20.2. The SMILES string of the molecule is CCc1ccc(Nc2n[nH]nc2C(=O)N2CCN(c3ccccc3Cl)CC2)cc1. The predicted molar refractivity (Wildman–Crippen MR) is 115 cm³/mol. The number of carbonyl (C=O) groups excluding carboxylic acids is 1. The van der Waals surface area contributed by atoms with Crippen molar-refractivity contribution >= 4 is 34.7 Å². The highest BCUT2D eigenvalue weighted by Gasteiger charge is 2.27. The first kappa shape index (κ1) is 19.3. The van der Waals surface area contributed by atoms with E-state index in [0.717, 1.165) is 22.8 Å². The number of hydrogen-bond acceptors (Lipinski definition) is 5. The van der Waals surface area contributed by atoms with Crippen LogP contribution in [0, 0.1) is 0 Å². The number of piperazine rings is 1. The van der Waals surface area contributed by atoms with E-state index in [9.17, 15) is 4.79 Å². The topological polar surface area (TPSA) is 77.1 Å². The van der Waals surface area contributed by atoms with Crippen molar-refractivity contribution in [3.8, 4) is 0 Å². The fraction of sp³-hybridized carbons (Fsp3) is 0.286. The molecule has 1 aromatic heterocycles. The minimum Gasteiger partial charge on any atom is -0.367 e. The van der Waals surface area contributed by atoms with Gasteiger partial charge in [0.2, 0.25) is 0 Å². The number of hydrogen-bond donors (Lipinski definition) is 2. The number of benzene rings is 2. The molecule has 2 heterocycles. The normalized spacial score (nSPS) is 14.1. The van der Waals surface area contributed by atoms with Crippen LogP contribution in [0.3, 0.4) is 0 Å². The lowest BCUT2D eigenvalue weighted by atomic mass is 10.1. The van der Waals surface area contributed by atoms with E-state index in [1.54, 1.807) is 4.90 Å². The van der Waals surface area contributed by atoms with Gasteiger partial charge in [0.1, 0.15) is 0 Å². The molecule has 29 heavy (non-hydrogen) atoms. The molecule has 0 unspecified atom stereocenters. The number of amides is 1. The number of rotatable bonds is 5. The van der Waals surface area contributed by atoms with Gasteiger partial charge in [-0.3, -0.25) is 4.79 Å². The van der Waals surface area contributed by atoms with Gasteiger partial charge in [-0.15, -0.1) is 10.2 Å². The number of anilines is 3. The largest absolute Gasteiger partial charge is 0.367 e. The van der Waals surface area contributed by atoms with Crippen LogP contribution < -0.4 is 10.2 Å². The van der Waals surface area contributed by atoms with E-state index in [-0.39, 0.29) is 5.91 Å². The summed E-state index contributed by atoms with van der Waals surface area (Å²) in [6, 6.07) is 15.8. The van der Waals surface area contributed by atoms with Crippen LogP contribution >= 0.6 is 11.6 Å².